The van der Waals surface area contributed by atoms with Crippen molar-refractivity contribution in [2.45, 2.75) is 106 Å². The minimum absolute atomic E-state index is 0.138. The lowest BCUT2D eigenvalue weighted by Gasteiger charge is -2.46. The SMILES string of the molecule is C[C@@H]1O[C@H](OC2[C@H](Oc3c(-c4ccc(O)cc4)oc4cc(O)cc(O)c4c3=O)O[C@@H](CO[C@@H]3O[C@H](C)[C@H](O)C(O)[C@@H]3O)C(O)[C@@H]2O)[C@H](O)C(O)[C@@H]1O. The summed E-state index contributed by atoms with van der Waals surface area (Å²) in [5, 5.41) is 115. The van der Waals surface area contributed by atoms with Crippen molar-refractivity contribution in [3.63, 3.8) is 0 Å². The Hall–Kier alpha value is -3.67. The highest BCUT2D eigenvalue weighted by Gasteiger charge is 2.52. The van der Waals surface area contributed by atoms with Crippen molar-refractivity contribution in [2.24, 2.45) is 0 Å². The van der Waals surface area contributed by atoms with Gasteiger partial charge in [0.15, 0.2) is 24.4 Å². The second-order valence-corrected chi connectivity index (χ2v) is 12.9. The molecule has 3 saturated heterocycles. The zero-order chi connectivity index (χ0) is 37.8. The summed E-state index contributed by atoms with van der Waals surface area (Å²) in [6.45, 7) is 2.12. The summed E-state index contributed by atoms with van der Waals surface area (Å²) in [5.74, 6) is -2.27. The molecule has 11 N–H and O–H groups in total. The fraction of sp³-hybridized carbons (Fsp3) is 0.545. The van der Waals surface area contributed by atoms with Crippen LogP contribution in [0.2, 0.25) is 0 Å². The molecule has 1 aromatic heterocycles. The minimum atomic E-state index is -2.00. The predicted molar refractivity (Wildman–Crippen MR) is 170 cm³/mol. The third kappa shape index (κ3) is 7.16. The van der Waals surface area contributed by atoms with E-state index in [9.17, 15) is 61.0 Å². The fourth-order valence-corrected chi connectivity index (χ4v) is 6.20. The molecule has 0 aliphatic carbocycles. The Balaban J connectivity index is 1.38. The van der Waals surface area contributed by atoms with Gasteiger partial charge < -0.3 is 89.0 Å². The zero-order valence-corrected chi connectivity index (χ0v) is 27.5. The number of phenols is 3. The van der Waals surface area contributed by atoms with E-state index in [4.69, 9.17) is 32.8 Å². The molecule has 4 heterocycles. The molecule has 3 aromatic rings. The molecule has 3 aliphatic rings. The van der Waals surface area contributed by atoms with Crippen molar-refractivity contribution >= 4 is 11.0 Å². The summed E-state index contributed by atoms with van der Waals surface area (Å²) < 4.78 is 40.3. The van der Waals surface area contributed by atoms with Gasteiger partial charge in [0.25, 0.3) is 0 Å². The number of hydrogen-bond acceptors (Lipinski definition) is 19. The molecule has 0 bridgehead atoms. The van der Waals surface area contributed by atoms with Crippen LogP contribution in [0.4, 0.5) is 0 Å². The first-order valence-electron chi connectivity index (χ1n) is 16.2. The molecule has 52 heavy (non-hydrogen) atoms. The molecule has 0 amide bonds. The molecule has 19 heteroatoms. The lowest BCUT2D eigenvalue weighted by Crippen LogP contribution is -2.65. The molecular weight excluding hydrogens is 700 g/mol. The van der Waals surface area contributed by atoms with Crippen LogP contribution >= 0.6 is 0 Å². The highest BCUT2D eigenvalue weighted by molar-refractivity contribution is 5.88. The van der Waals surface area contributed by atoms with Crippen molar-refractivity contribution in [3.05, 3.63) is 46.6 Å². The molecule has 4 unspecified atom stereocenters. The number of benzene rings is 2. The van der Waals surface area contributed by atoms with E-state index < -0.39 is 127 Å². The van der Waals surface area contributed by atoms with E-state index in [1.807, 2.05) is 0 Å². The normalized spacial score (nSPS) is 38.3. The standard InChI is InChI=1S/C33H40O19/c1-10-19(37)23(41)26(44)31(47-10)46-9-17-21(39)25(43)30(52-32-27(45)24(42)20(38)11(2)48-32)33(50-17)51-29-22(40)18-15(36)7-14(35)8-16(18)49-28(29)12-3-5-13(34)6-4-12/h3-8,10-11,17,19-21,23-27,30-39,41-45H,9H2,1-2H3/t10-,11+,17+,19+,20-,21?,23?,24?,25+,26+,27-,30?,31-,32-,33+/m1/s1. The smallest absolute Gasteiger partial charge is 0.239 e. The summed E-state index contributed by atoms with van der Waals surface area (Å²) in [5.41, 5.74) is -1.15. The molecule has 0 radical (unpaired) electrons. The Morgan fingerprint density at radius 2 is 1.25 bits per heavy atom. The van der Waals surface area contributed by atoms with Crippen molar-refractivity contribution in [1.29, 1.82) is 0 Å². The lowest BCUT2D eigenvalue weighted by atomic mass is 9.97. The summed E-state index contributed by atoms with van der Waals surface area (Å²) >= 11 is 0. The largest absolute Gasteiger partial charge is 0.508 e. The van der Waals surface area contributed by atoms with Gasteiger partial charge in [0, 0.05) is 17.7 Å². The first-order valence-corrected chi connectivity index (χ1v) is 16.2. The van der Waals surface area contributed by atoms with Gasteiger partial charge in [-0.05, 0) is 38.1 Å². The Labute approximate surface area is 293 Å². The van der Waals surface area contributed by atoms with E-state index >= 15 is 0 Å². The van der Waals surface area contributed by atoms with Crippen LogP contribution in [0.25, 0.3) is 22.3 Å². The molecular formula is C33H40O19. The molecule has 0 spiro atoms. The third-order valence-corrected chi connectivity index (χ3v) is 9.26. The van der Waals surface area contributed by atoms with Gasteiger partial charge in [-0.15, -0.1) is 0 Å². The van der Waals surface area contributed by atoms with Crippen LogP contribution in [0.1, 0.15) is 13.8 Å². The van der Waals surface area contributed by atoms with Crippen LogP contribution in [0.3, 0.4) is 0 Å². The third-order valence-electron chi connectivity index (χ3n) is 9.26. The van der Waals surface area contributed by atoms with Crippen LogP contribution in [-0.2, 0) is 23.7 Å². The summed E-state index contributed by atoms with van der Waals surface area (Å²) in [6, 6.07) is 7.16. The highest BCUT2D eigenvalue weighted by Crippen LogP contribution is 2.38. The van der Waals surface area contributed by atoms with Crippen LogP contribution in [-0.4, -0.2) is 155 Å². The predicted octanol–water partition coefficient (Wildman–Crippen LogP) is -2.54. The van der Waals surface area contributed by atoms with Gasteiger partial charge in [-0.1, -0.05) is 0 Å². The van der Waals surface area contributed by atoms with Crippen LogP contribution in [0.5, 0.6) is 23.0 Å². The Kier molecular flexibility index (Phi) is 11.0. The zero-order valence-electron chi connectivity index (χ0n) is 27.5. The van der Waals surface area contributed by atoms with Crippen LogP contribution in [0, 0.1) is 0 Å². The second-order valence-electron chi connectivity index (χ2n) is 12.9. The van der Waals surface area contributed by atoms with E-state index in [1.54, 1.807) is 0 Å². The molecule has 286 valence electrons. The minimum Gasteiger partial charge on any atom is -0.508 e. The van der Waals surface area contributed by atoms with Crippen molar-refractivity contribution < 1.29 is 89.0 Å². The fourth-order valence-electron chi connectivity index (χ4n) is 6.20. The number of aliphatic hydroxyl groups excluding tert-OH is 8. The van der Waals surface area contributed by atoms with Crippen LogP contribution < -0.4 is 10.2 Å². The summed E-state index contributed by atoms with van der Waals surface area (Å²) in [6.07, 6.45) is -24.7. The van der Waals surface area contributed by atoms with Gasteiger partial charge in [0.2, 0.25) is 17.5 Å². The molecule has 3 aliphatic heterocycles. The Morgan fingerprint density at radius 1 is 0.654 bits per heavy atom. The van der Waals surface area contributed by atoms with E-state index in [0.29, 0.717) is 0 Å². The van der Waals surface area contributed by atoms with Crippen molar-refractivity contribution in [2.75, 3.05) is 6.61 Å². The number of ether oxygens (including phenoxy) is 6. The van der Waals surface area contributed by atoms with E-state index in [-0.39, 0.29) is 22.7 Å². The van der Waals surface area contributed by atoms with Gasteiger partial charge in [0.1, 0.15) is 83.2 Å². The van der Waals surface area contributed by atoms with Gasteiger partial charge in [0.05, 0.1) is 18.8 Å². The molecule has 19 nitrogen and oxygen atoms in total. The maximum Gasteiger partial charge on any atom is 0.239 e. The molecule has 3 fully saturated rings. The summed E-state index contributed by atoms with van der Waals surface area (Å²) in [7, 11) is 0. The van der Waals surface area contributed by atoms with Crippen LogP contribution in [0.15, 0.2) is 45.6 Å². The Morgan fingerprint density at radius 3 is 1.88 bits per heavy atom. The Bertz CT molecular complexity index is 1760. The van der Waals surface area contributed by atoms with Gasteiger partial charge in [-0.25, -0.2) is 0 Å². The van der Waals surface area contributed by atoms with Crippen molar-refractivity contribution in [1.82, 2.24) is 0 Å². The topological polar surface area (TPSA) is 308 Å². The van der Waals surface area contributed by atoms with Gasteiger partial charge >= 0.3 is 0 Å². The summed E-state index contributed by atoms with van der Waals surface area (Å²) in [4.78, 5) is 14.0. The number of phenolic OH excluding ortho intramolecular Hbond substituents is 3. The number of rotatable bonds is 8. The molecule has 6 rings (SSSR count). The number of aromatic hydroxyl groups is 3. The first-order chi connectivity index (χ1) is 24.6. The maximum atomic E-state index is 14.0. The van der Waals surface area contributed by atoms with Crippen molar-refractivity contribution in [3.8, 4) is 34.3 Å². The van der Waals surface area contributed by atoms with Gasteiger partial charge in [-0.3, -0.25) is 4.79 Å². The number of fused-ring (bicyclic) bond motifs is 1. The van der Waals surface area contributed by atoms with Gasteiger partial charge in [-0.2, -0.15) is 0 Å². The quantitative estimate of drug-likeness (QED) is 0.113. The average molecular weight is 741 g/mol. The molecule has 15 atom stereocenters. The average Bonchev–Trinajstić information content (AvgIpc) is 3.10. The first kappa shape index (κ1) is 38.1. The number of hydrogen-bond donors (Lipinski definition) is 11. The highest BCUT2D eigenvalue weighted by atomic mass is 16.8. The molecule has 0 saturated carbocycles. The van der Waals surface area contributed by atoms with E-state index in [1.165, 1.54) is 38.1 Å². The second kappa shape index (κ2) is 15.0. The monoisotopic (exact) mass is 740 g/mol. The van der Waals surface area contributed by atoms with E-state index in [0.717, 1.165) is 12.1 Å². The molecule has 2 aromatic carbocycles. The van der Waals surface area contributed by atoms with E-state index in [2.05, 4.69) is 0 Å². The maximum absolute atomic E-state index is 14.0. The lowest BCUT2D eigenvalue weighted by molar-refractivity contribution is -0.360. The number of aliphatic hydroxyl groups is 8.